The molecule has 5 heteroatoms. The number of hydrogen-bond acceptors (Lipinski definition) is 5. The molecule has 0 amide bonds. The monoisotopic (exact) mass is 172 g/mol. The first-order valence-electron chi connectivity index (χ1n) is 3.38. The fraction of sp³-hybridized carbons (Fsp3) is 0.429. The summed E-state index contributed by atoms with van der Waals surface area (Å²) in [5.74, 6) is -1.32. The van der Waals surface area contributed by atoms with E-state index in [0.717, 1.165) is 12.2 Å². The van der Waals surface area contributed by atoms with Gasteiger partial charge in [-0.15, -0.1) is 0 Å². The summed E-state index contributed by atoms with van der Waals surface area (Å²) in [6, 6.07) is 0. The normalized spacial score (nSPS) is 23.1. The van der Waals surface area contributed by atoms with Gasteiger partial charge in [-0.05, 0) is 0 Å². The molecular formula is C7H8O5. The first kappa shape index (κ1) is 8.73. The third-order valence-corrected chi connectivity index (χ3v) is 1.19. The molecular weight excluding hydrogens is 164 g/mol. The fourth-order valence-electron chi connectivity index (χ4n) is 0.637. The van der Waals surface area contributed by atoms with Crippen LogP contribution in [0.15, 0.2) is 12.2 Å². The molecule has 1 N–H and O–H groups in total. The predicted molar refractivity (Wildman–Crippen MR) is 37.1 cm³/mol. The second-order valence-electron chi connectivity index (χ2n) is 2.25. The van der Waals surface area contributed by atoms with E-state index in [4.69, 9.17) is 5.11 Å². The van der Waals surface area contributed by atoms with E-state index in [1.54, 1.807) is 0 Å². The molecule has 0 bridgehead atoms. The van der Waals surface area contributed by atoms with Gasteiger partial charge in [0.15, 0.2) is 0 Å². The van der Waals surface area contributed by atoms with E-state index in [9.17, 15) is 9.59 Å². The van der Waals surface area contributed by atoms with Crippen LogP contribution in [-0.2, 0) is 19.1 Å². The molecule has 0 atom stereocenters. The summed E-state index contributed by atoms with van der Waals surface area (Å²) in [5, 5.41) is 8.99. The van der Waals surface area contributed by atoms with Crippen molar-refractivity contribution in [3.63, 3.8) is 0 Å². The van der Waals surface area contributed by atoms with E-state index in [2.05, 4.69) is 9.47 Å². The Hall–Kier alpha value is -1.36. The molecule has 0 aromatic carbocycles. The Morgan fingerprint density at radius 2 is 1.58 bits per heavy atom. The quantitative estimate of drug-likeness (QED) is 0.474. The summed E-state index contributed by atoms with van der Waals surface area (Å²) in [6.07, 6.45) is 0.971. The topological polar surface area (TPSA) is 72.8 Å². The largest absolute Gasteiger partial charge is 0.460 e. The number of aliphatic hydroxyl groups is 1. The van der Waals surface area contributed by atoms with Gasteiger partial charge in [0.25, 0.3) is 0 Å². The standard InChI is InChI=1S/C7H8O5/c8-5-3-11-6(9)1-2-7(10)12-4-5/h1-2,5,8H,3-4H2/b2-1-. The van der Waals surface area contributed by atoms with Crippen molar-refractivity contribution in [2.45, 2.75) is 6.10 Å². The zero-order valence-corrected chi connectivity index (χ0v) is 6.23. The molecule has 0 fully saturated rings. The number of aliphatic hydroxyl groups excluding tert-OH is 1. The van der Waals surface area contributed by atoms with Crippen LogP contribution in [0.3, 0.4) is 0 Å². The van der Waals surface area contributed by atoms with Crippen LogP contribution in [0.5, 0.6) is 0 Å². The Bertz CT molecular complexity index is 198. The average molecular weight is 172 g/mol. The van der Waals surface area contributed by atoms with Crippen LogP contribution in [-0.4, -0.2) is 36.4 Å². The van der Waals surface area contributed by atoms with Crippen LogP contribution in [0.2, 0.25) is 0 Å². The smallest absolute Gasteiger partial charge is 0.331 e. The second kappa shape index (κ2) is 3.87. The lowest BCUT2D eigenvalue weighted by molar-refractivity contribution is -0.144. The Balaban J connectivity index is 2.59. The number of ether oxygens (including phenoxy) is 2. The summed E-state index contributed by atoms with van der Waals surface area (Å²) >= 11 is 0. The van der Waals surface area contributed by atoms with Gasteiger partial charge in [0.1, 0.15) is 19.3 Å². The highest BCUT2D eigenvalue weighted by molar-refractivity contribution is 5.91. The molecule has 1 aliphatic heterocycles. The lowest BCUT2D eigenvalue weighted by Crippen LogP contribution is -2.23. The highest BCUT2D eigenvalue weighted by atomic mass is 16.6. The molecule has 0 aromatic heterocycles. The first-order chi connectivity index (χ1) is 5.68. The van der Waals surface area contributed by atoms with E-state index < -0.39 is 18.0 Å². The van der Waals surface area contributed by atoms with Gasteiger partial charge in [0.05, 0.1) is 0 Å². The van der Waals surface area contributed by atoms with Crippen molar-refractivity contribution in [1.29, 1.82) is 0 Å². The van der Waals surface area contributed by atoms with Crippen molar-refractivity contribution in [1.82, 2.24) is 0 Å². The third-order valence-electron chi connectivity index (χ3n) is 1.19. The zero-order chi connectivity index (χ0) is 8.97. The molecule has 5 nitrogen and oxygen atoms in total. The van der Waals surface area contributed by atoms with Gasteiger partial charge >= 0.3 is 11.9 Å². The molecule has 1 rings (SSSR count). The number of esters is 2. The number of cyclic esters (lactones) is 2. The van der Waals surface area contributed by atoms with Gasteiger partial charge in [-0.25, -0.2) is 9.59 Å². The molecule has 0 aromatic rings. The lowest BCUT2D eigenvalue weighted by Gasteiger charge is -2.07. The number of carbonyl (C=O) groups excluding carboxylic acids is 2. The minimum Gasteiger partial charge on any atom is -0.460 e. The molecule has 1 heterocycles. The van der Waals surface area contributed by atoms with Gasteiger partial charge in [-0.3, -0.25) is 0 Å². The van der Waals surface area contributed by atoms with Crippen molar-refractivity contribution in [3.05, 3.63) is 12.2 Å². The molecule has 1 aliphatic rings. The van der Waals surface area contributed by atoms with E-state index in [0.29, 0.717) is 0 Å². The van der Waals surface area contributed by atoms with Crippen molar-refractivity contribution >= 4 is 11.9 Å². The van der Waals surface area contributed by atoms with Gasteiger partial charge in [0, 0.05) is 12.2 Å². The Labute approximate surface area is 68.6 Å². The molecule has 12 heavy (non-hydrogen) atoms. The Morgan fingerprint density at radius 1 is 1.17 bits per heavy atom. The van der Waals surface area contributed by atoms with Crippen LogP contribution in [0.25, 0.3) is 0 Å². The van der Waals surface area contributed by atoms with Crippen LogP contribution in [0.1, 0.15) is 0 Å². The van der Waals surface area contributed by atoms with Crippen molar-refractivity contribution < 1.29 is 24.2 Å². The average Bonchev–Trinajstić information content (AvgIpc) is 2.11. The zero-order valence-electron chi connectivity index (χ0n) is 6.23. The Kier molecular flexibility index (Phi) is 2.82. The van der Waals surface area contributed by atoms with E-state index >= 15 is 0 Å². The minimum absolute atomic E-state index is 0.156. The van der Waals surface area contributed by atoms with Crippen molar-refractivity contribution in [3.8, 4) is 0 Å². The maximum Gasteiger partial charge on any atom is 0.331 e. The maximum atomic E-state index is 10.7. The maximum absolute atomic E-state index is 10.7. The van der Waals surface area contributed by atoms with E-state index in [1.165, 1.54) is 0 Å². The number of carbonyl (C=O) groups is 2. The van der Waals surface area contributed by atoms with Crippen LogP contribution < -0.4 is 0 Å². The van der Waals surface area contributed by atoms with Gasteiger partial charge < -0.3 is 14.6 Å². The predicted octanol–water partition coefficient (Wildman–Crippen LogP) is -0.997. The van der Waals surface area contributed by atoms with Gasteiger partial charge in [-0.2, -0.15) is 0 Å². The molecule has 0 unspecified atom stereocenters. The summed E-state index contributed by atoms with van der Waals surface area (Å²) in [4.78, 5) is 21.3. The fourth-order valence-corrected chi connectivity index (χ4v) is 0.637. The number of hydrogen-bond donors (Lipinski definition) is 1. The van der Waals surface area contributed by atoms with E-state index in [-0.39, 0.29) is 13.2 Å². The molecule has 0 spiro atoms. The van der Waals surface area contributed by atoms with Crippen LogP contribution >= 0.6 is 0 Å². The highest BCUT2D eigenvalue weighted by Crippen LogP contribution is 1.94. The molecule has 0 saturated heterocycles. The molecule has 66 valence electrons. The Morgan fingerprint density at radius 3 is 2.00 bits per heavy atom. The summed E-state index contributed by atoms with van der Waals surface area (Å²) < 4.78 is 9.03. The lowest BCUT2D eigenvalue weighted by atomic mass is 10.4. The SMILES string of the molecule is O=C1/C=C\C(=O)OCC(O)CO1. The summed E-state index contributed by atoms with van der Waals surface area (Å²) in [6.45, 7) is -0.313. The highest BCUT2D eigenvalue weighted by Gasteiger charge is 2.12. The third kappa shape index (κ3) is 2.71. The summed E-state index contributed by atoms with van der Waals surface area (Å²) in [7, 11) is 0. The van der Waals surface area contributed by atoms with Gasteiger partial charge in [0.2, 0.25) is 0 Å². The van der Waals surface area contributed by atoms with Crippen LogP contribution in [0.4, 0.5) is 0 Å². The number of rotatable bonds is 0. The second-order valence-corrected chi connectivity index (χ2v) is 2.25. The van der Waals surface area contributed by atoms with Crippen LogP contribution in [0, 0.1) is 0 Å². The van der Waals surface area contributed by atoms with Crippen molar-refractivity contribution in [2.75, 3.05) is 13.2 Å². The van der Waals surface area contributed by atoms with E-state index in [1.807, 2.05) is 0 Å². The summed E-state index contributed by atoms with van der Waals surface area (Å²) in [5.41, 5.74) is 0. The van der Waals surface area contributed by atoms with Crippen molar-refractivity contribution in [2.24, 2.45) is 0 Å². The molecule has 0 aliphatic carbocycles. The minimum atomic E-state index is -0.946. The molecule has 0 saturated carbocycles. The molecule has 0 radical (unpaired) electrons. The van der Waals surface area contributed by atoms with Gasteiger partial charge in [-0.1, -0.05) is 0 Å². The first-order valence-corrected chi connectivity index (χ1v) is 3.38.